The summed E-state index contributed by atoms with van der Waals surface area (Å²) >= 11 is 1.81. The predicted octanol–water partition coefficient (Wildman–Crippen LogP) is 2.76. The van der Waals surface area contributed by atoms with E-state index in [0.717, 1.165) is 22.9 Å². The lowest BCUT2D eigenvalue weighted by molar-refractivity contribution is 0.576. The zero-order chi connectivity index (χ0) is 11.5. The van der Waals surface area contributed by atoms with Crippen LogP contribution in [0.25, 0.3) is 4.96 Å². The third-order valence-electron chi connectivity index (χ3n) is 3.22. The molecule has 0 saturated carbocycles. The highest BCUT2D eigenvalue weighted by Gasteiger charge is 2.27. The number of hydrogen-bond donors (Lipinski definition) is 1. The normalized spacial score (nSPS) is 15.9. The predicted molar refractivity (Wildman–Crippen MR) is 68.2 cm³/mol. The van der Waals surface area contributed by atoms with Crippen molar-refractivity contribution in [3.05, 3.63) is 16.3 Å². The quantitative estimate of drug-likeness (QED) is 0.763. The van der Waals surface area contributed by atoms with Gasteiger partial charge in [0.25, 0.3) is 0 Å². The van der Waals surface area contributed by atoms with Gasteiger partial charge in [-0.1, -0.05) is 20.8 Å². The van der Waals surface area contributed by atoms with Gasteiger partial charge in [0, 0.05) is 16.0 Å². The molecule has 2 heterocycles. The van der Waals surface area contributed by atoms with Crippen molar-refractivity contribution < 1.29 is 0 Å². The van der Waals surface area contributed by atoms with Crippen molar-refractivity contribution in [3.63, 3.8) is 0 Å². The lowest BCUT2D eigenvalue weighted by atomic mass is 9.92. The monoisotopic (exact) mass is 235 g/mol. The van der Waals surface area contributed by atoms with E-state index in [9.17, 15) is 0 Å². The zero-order valence-electron chi connectivity index (χ0n) is 10.0. The zero-order valence-corrected chi connectivity index (χ0v) is 10.8. The molecule has 0 fully saturated rings. The summed E-state index contributed by atoms with van der Waals surface area (Å²) in [6.45, 7) is 6.49. The fraction of sp³-hybridized carbons (Fsp3) is 0.583. The molecule has 0 aliphatic heterocycles. The first-order valence-corrected chi connectivity index (χ1v) is 6.59. The Morgan fingerprint density at radius 3 is 2.75 bits per heavy atom. The van der Waals surface area contributed by atoms with Gasteiger partial charge in [0.15, 0.2) is 4.96 Å². The summed E-state index contributed by atoms with van der Waals surface area (Å²) < 4.78 is 2.17. The third-order valence-corrected chi connectivity index (χ3v) is 4.36. The molecule has 0 saturated heterocycles. The number of rotatable bonds is 0. The molecule has 2 N–H and O–H groups in total. The van der Waals surface area contributed by atoms with Gasteiger partial charge in [0.05, 0.1) is 5.69 Å². The minimum Gasteiger partial charge on any atom is -0.383 e. The minimum atomic E-state index is 0.0291. The van der Waals surface area contributed by atoms with Gasteiger partial charge in [-0.2, -0.15) is 0 Å². The molecular weight excluding hydrogens is 218 g/mol. The molecule has 0 bridgehead atoms. The van der Waals surface area contributed by atoms with E-state index in [0.29, 0.717) is 0 Å². The summed E-state index contributed by atoms with van der Waals surface area (Å²) in [6, 6.07) is 0. The molecule has 0 amide bonds. The lowest BCUT2D eigenvalue weighted by Crippen LogP contribution is -2.14. The van der Waals surface area contributed by atoms with E-state index in [1.54, 1.807) is 0 Å². The van der Waals surface area contributed by atoms with E-state index >= 15 is 0 Å². The van der Waals surface area contributed by atoms with Crippen molar-refractivity contribution in [2.45, 2.75) is 45.4 Å². The van der Waals surface area contributed by atoms with Crippen molar-refractivity contribution >= 4 is 22.1 Å². The summed E-state index contributed by atoms with van der Waals surface area (Å²) in [7, 11) is 0. The van der Waals surface area contributed by atoms with Crippen LogP contribution in [0, 0.1) is 0 Å². The van der Waals surface area contributed by atoms with Crippen LogP contribution < -0.4 is 5.73 Å². The van der Waals surface area contributed by atoms with Gasteiger partial charge >= 0.3 is 0 Å². The molecule has 0 atom stereocenters. The fourth-order valence-electron chi connectivity index (χ4n) is 2.45. The number of anilines is 1. The molecule has 2 aromatic rings. The van der Waals surface area contributed by atoms with Crippen molar-refractivity contribution in [1.82, 2.24) is 9.38 Å². The Kier molecular flexibility index (Phi) is 1.90. The highest BCUT2D eigenvalue weighted by Crippen LogP contribution is 2.36. The number of aryl methyl sites for hydroxylation is 2. The number of nitrogens with two attached hydrogens (primary N) is 1. The molecule has 16 heavy (non-hydrogen) atoms. The van der Waals surface area contributed by atoms with E-state index in [1.165, 1.54) is 23.4 Å². The highest BCUT2D eigenvalue weighted by atomic mass is 32.1. The molecule has 3 nitrogen and oxygen atoms in total. The average Bonchev–Trinajstić information content (AvgIpc) is 2.74. The first kappa shape index (κ1) is 10.1. The Morgan fingerprint density at radius 2 is 2.06 bits per heavy atom. The third kappa shape index (κ3) is 1.22. The van der Waals surface area contributed by atoms with Gasteiger partial charge < -0.3 is 5.73 Å². The number of thiazole rings is 1. The van der Waals surface area contributed by atoms with Crippen molar-refractivity contribution in [2.75, 3.05) is 5.73 Å². The first-order valence-electron chi connectivity index (χ1n) is 5.77. The SMILES string of the molecule is CC(C)(C)c1nc2sc3c(n2c1N)CCC3. The van der Waals surface area contributed by atoms with Crippen LogP contribution in [0.5, 0.6) is 0 Å². The molecule has 0 unspecified atom stereocenters. The number of fused-ring (bicyclic) bond motifs is 3. The number of hydrogen-bond acceptors (Lipinski definition) is 3. The molecule has 1 aliphatic rings. The first-order chi connectivity index (χ1) is 7.48. The number of aromatic nitrogens is 2. The summed E-state index contributed by atoms with van der Waals surface area (Å²) in [5, 5.41) is 0. The van der Waals surface area contributed by atoms with Gasteiger partial charge in [-0.25, -0.2) is 4.98 Å². The second kappa shape index (κ2) is 3.00. The Morgan fingerprint density at radius 1 is 1.31 bits per heavy atom. The van der Waals surface area contributed by atoms with Gasteiger partial charge in [-0.15, -0.1) is 11.3 Å². The number of nitrogens with zero attached hydrogens (tertiary/aromatic N) is 2. The van der Waals surface area contributed by atoms with Crippen molar-refractivity contribution in [1.29, 1.82) is 0 Å². The minimum absolute atomic E-state index is 0.0291. The lowest BCUT2D eigenvalue weighted by Gasteiger charge is -2.16. The van der Waals surface area contributed by atoms with Gasteiger partial charge in [-0.05, 0) is 19.3 Å². The molecule has 2 aromatic heterocycles. The molecule has 0 spiro atoms. The van der Waals surface area contributed by atoms with Gasteiger partial charge in [0.2, 0.25) is 0 Å². The van der Waals surface area contributed by atoms with Gasteiger partial charge in [-0.3, -0.25) is 4.40 Å². The summed E-state index contributed by atoms with van der Waals surface area (Å²) in [5.41, 5.74) is 8.72. The topological polar surface area (TPSA) is 43.3 Å². The molecule has 4 heteroatoms. The van der Waals surface area contributed by atoms with Crippen LogP contribution in [0.1, 0.15) is 43.5 Å². The Hall–Kier alpha value is -1.03. The summed E-state index contributed by atoms with van der Waals surface area (Å²) in [5.74, 6) is 0.849. The fourth-order valence-corrected chi connectivity index (χ4v) is 3.66. The largest absolute Gasteiger partial charge is 0.383 e. The maximum Gasteiger partial charge on any atom is 0.196 e. The smallest absolute Gasteiger partial charge is 0.196 e. The van der Waals surface area contributed by atoms with Crippen LogP contribution in [-0.2, 0) is 18.3 Å². The Balaban J connectivity index is 2.30. The van der Waals surface area contributed by atoms with Crippen LogP contribution in [0.15, 0.2) is 0 Å². The molecule has 0 radical (unpaired) electrons. The van der Waals surface area contributed by atoms with Crippen molar-refractivity contribution in [2.24, 2.45) is 0 Å². The molecular formula is C12H17N3S. The highest BCUT2D eigenvalue weighted by molar-refractivity contribution is 7.17. The average molecular weight is 235 g/mol. The number of nitrogen functional groups attached to an aromatic ring is 1. The molecule has 0 aromatic carbocycles. The maximum atomic E-state index is 6.25. The summed E-state index contributed by atoms with van der Waals surface area (Å²) in [6.07, 6.45) is 3.62. The second-order valence-electron chi connectivity index (χ2n) is 5.54. The van der Waals surface area contributed by atoms with Crippen molar-refractivity contribution in [3.8, 4) is 0 Å². The molecule has 1 aliphatic carbocycles. The standard InChI is InChI=1S/C12H17N3S/c1-12(2,3)9-10(13)15-7-5-4-6-8(7)16-11(15)14-9/h4-6,13H2,1-3H3. The van der Waals surface area contributed by atoms with E-state index in [4.69, 9.17) is 10.7 Å². The van der Waals surface area contributed by atoms with Crippen LogP contribution in [0.4, 0.5) is 5.82 Å². The Bertz CT molecular complexity index is 557. The van der Waals surface area contributed by atoms with Crippen LogP contribution >= 0.6 is 11.3 Å². The van der Waals surface area contributed by atoms with Gasteiger partial charge in [0.1, 0.15) is 5.82 Å². The Labute approximate surface area is 99.3 Å². The van der Waals surface area contributed by atoms with Crippen LogP contribution in [0.3, 0.4) is 0 Å². The molecule has 86 valence electrons. The van der Waals surface area contributed by atoms with E-state index < -0.39 is 0 Å². The molecule has 3 rings (SSSR count). The van der Waals surface area contributed by atoms with Crippen LogP contribution in [-0.4, -0.2) is 9.38 Å². The summed E-state index contributed by atoms with van der Waals surface area (Å²) in [4.78, 5) is 7.26. The van der Waals surface area contributed by atoms with E-state index in [1.807, 2.05) is 11.3 Å². The maximum absolute atomic E-state index is 6.25. The van der Waals surface area contributed by atoms with E-state index in [-0.39, 0.29) is 5.41 Å². The van der Waals surface area contributed by atoms with E-state index in [2.05, 4.69) is 25.2 Å². The van der Waals surface area contributed by atoms with Crippen LogP contribution in [0.2, 0.25) is 0 Å². The second-order valence-corrected chi connectivity index (χ2v) is 6.60. The number of imidazole rings is 1.